The molecule has 4 nitrogen and oxygen atoms in total. The highest BCUT2D eigenvalue weighted by molar-refractivity contribution is 5.90. The van der Waals surface area contributed by atoms with Crippen LogP contribution in [0.3, 0.4) is 0 Å². The number of hydrogen-bond donors (Lipinski definition) is 2. The fourth-order valence-electron chi connectivity index (χ4n) is 2.32. The topological polar surface area (TPSA) is 54.0 Å². The molecule has 1 aromatic heterocycles. The minimum absolute atomic E-state index is 0.0716. The number of pyridine rings is 1. The second kappa shape index (κ2) is 6.50. The standard InChI is InChI=1S/C14H21N3O/c1-11-4-2-9-16-14(11)17-13(18)7-6-12-5-3-8-15-10-12/h2,4,9,12,15H,3,5-8,10H2,1H3,(H,16,17,18). The predicted octanol–water partition coefficient (Wildman–Crippen LogP) is 2.11. The molecule has 4 heteroatoms. The summed E-state index contributed by atoms with van der Waals surface area (Å²) in [5.41, 5.74) is 1.00. The van der Waals surface area contributed by atoms with Gasteiger partial charge in [-0.2, -0.15) is 0 Å². The Morgan fingerprint density at radius 1 is 1.61 bits per heavy atom. The number of aryl methyl sites for hydroxylation is 1. The first kappa shape index (κ1) is 13.0. The molecule has 18 heavy (non-hydrogen) atoms. The van der Waals surface area contributed by atoms with Crippen LogP contribution in [0.15, 0.2) is 18.3 Å². The average molecular weight is 247 g/mol. The maximum Gasteiger partial charge on any atom is 0.225 e. The van der Waals surface area contributed by atoms with Crippen LogP contribution in [0.2, 0.25) is 0 Å². The first-order valence-corrected chi connectivity index (χ1v) is 6.68. The maximum absolute atomic E-state index is 11.8. The molecule has 1 saturated heterocycles. The van der Waals surface area contributed by atoms with E-state index in [4.69, 9.17) is 0 Å². The Labute approximate surface area is 108 Å². The summed E-state index contributed by atoms with van der Waals surface area (Å²) in [6.45, 7) is 4.12. The van der Waals surface area contributed by atoms with Gasteiger partial charge in [-0.15, -0.1) is 0 Å². The van der Waals surface area contributed by atoms with E-state index >= 15 is 0 Å². The van der Waals surface area contributed by atoms with E-state index in [-0.39, 0.29) is 5.91 Å². The zero-order chi connectivity index (χ0) is 12.8. The molecule has 0 aliphatic carbocycles. The molecule has 1 atom stereocenters. The van der Waals surface area contributed by atoms with Crippen molar-refractivity contribution < 1.29 is 4.79 Å². The third kappa shape index (κ3) is 3.81. The molecule has 1 fully saturated rings. The normalized spacial score (nSPS) is 19.5. The molecule has 0 bridgehead atoms. The van der Waals surface area contributed by atoms with Crippen molar-refractivity contribution in [2.45, 2.75) is 32.6 Å². The Hall–Kier alpha value is -1.42. The minimum Gasteiger partial charge on any atom is -0.316 e. The Balaban J connectivity index is 1.76. The van der Waals surface area contributed by atoms with Gasteiger partial charge in [-0.3, -0.25) is 4.79 Å². The molecule has 2 rings (SSSR count). The SMILES string of the molecule is Cc1cccnc1NC(=O)CCC1CCCNC1. The van der Waals surface area contributed by atoms with Gasteiger partial charge in [-0.25, -0.2) is 4.98 Å². The van der Waals surface area contributed by atoms with Crippen molar-refractivity contribution in [2.24, 2.45) is 5.92 Å². The molecule has 2 N–H and O–H groups in total. The molecule has 1 unspecified atom stereocenters. The fraction of sp³-hybridized carbons (Fsp3) is 0.571. The quantitative estimate of drug-likeness (QED) is 0.856. The molecule has 0 spiro atoms. The summed E-state index contributed by atoms with van der Waals surface area (Å²) < 4.78 is 0. The van der Waals surface area contributed by atoms with Gasteiger partial charge in [-0.1, -0.05) is 6.07 Å². The summed E-state index contributed by atoms with van der Waals surface area (Å²) >= 11 is 0. The van der Waals surface area contributed by atoms with Crippen molar-refractivity contribution in [3.05, 3.63) is 23.9 Å². The number of piperidine rings is 1. The molecular weight excluding hydrogens is 226 g/mol. The van der Waals surface area contributed by atoms with Gasteiger partial charge in [0.15, 0.2) is 0 Å². The number of amides is 1. The largest absolute Gasteiger partial charge is 0.316 e. The van der Waals surface area contributed by atoms with Crippen LogP contribution in [0.5, 0.6) is 0 Å². The van der Waals surface area contributed by atoms with Crippen LogP contribution < -0.4 is 10.6 Å². The molecule has 0 radical (unpaired) electrons. The van der Waals surface area contributed by atoms with E-state index in [9.17, 15) is 4.79 Å². The van der Waals surface area contributed by atoms with Crippen LogP contribution in [0, 0.1) is 12.8 Å². The van der Waals surface area contributed by atoms with E-state index in [2.05, 4.69) is 15.6 Å². The van der Waals surface area contributed by atoms with Crippen LogP contribution in [-0.2, 0) is 4.79 Å². The molecule has 1 amide bonds. The lowest BCUT2D eigenvalue weighted by molar-refractivity contribution is -0.116. The first-order valence-electron chi connectivity index (χ1n) is 6.68. The zero-order valence-corrected chi connectivity index (χ0v) is 10.9. The van der Waals surface area contributed by atoms with Crippen LogP contribution in [0.4, 0.5) is 5.82 Å². The summed E-state index contributed by atoms with van der Waals surface area (Å²) in [7, 11) is 0. The van der Waals surface area contributed by atoms with Gasteiger partial charge in [0.1, 0.15) is 5.82 Å². The molecule has 1 aromatic rings. The molecule has 98 valence electrons. The lowest BCUT2D eigenvalue weighted by atomic mass is 9.94. The van der Waals surface area contributed by atoms with Crippen LogP contribution >= 0.6 is 0 Å². The number of nitrogens with one attached hydrogen (secondary N) is 2. The highest BCUT2D eigenvalue weighted by Crippen LogP contribution is 2.17. The summed E-state index contributed by atoms with van der Waals surface area (Å²) in [4.78, 5) is 16.0. The van der Waals surface area contributed by atoms with Gasteiger partial charge in [0.2, 0.25) is 5.91 Å². The van der Waals surface area contributed by atoms with Crippen molar-refractivity contribution in [1.82, 2.24) is 10.3 Å². The zero-order valence-electron chi connectivity index (χ0n) is 10.9. The Kier molecular flexibility index (Phi) is 4.70. The van der Waals surface area contributed by atoms with Gasteiger partial charge < -0.3 is 10.6 Å². The first-order chi connectivity index (χ1) is 8.75. The van der Waals surface area contributed by atoms with Gasteiger partial charge in [-0.05, 0) is 56.8 Å². The van der Waals surface area contributed by atoms with Gasteiger partial charge >= 0.3 is 0 Å². The third-order valence-corrected chi connectivity index (χ3v) is 3.45. The number of rotatable bonds is 4. The van der Waals surface area contributed by atoms with E-state index in [1.807, 2.05) is 19.1 Å². The van der Waals surface area contributed by atoms with Crippen LogP contribution in [0.25, 0.3) is 0 Å². The molecule has 2 heterocycles. The van der Waals surface area contributed by atoms with E-state index in [0.29, 0.717) is 18.2 Å². The molecule has 1 aliphatic heterocycles. The van der Waals surface area contributed by atoms with E-state index in [1.54, 1.807) is 6.20 Å². The summed E-state index contributed by atoms with van der Waals surface area (Å²) in [6.07, 6.45) is 5.72. The lowest BCUT2D eigenvalue weighted by Gasteiger charge is -2.22. The number of aromatic nitrogens is 1. The van der Waals surface area contributed by atoms with Crippen molar-refractivity contribution >= 4 is 11.7 Å². The number of carbonyl (C=O) groups excluding carboxylic acids is 1. The Morgan fingerprint density at radius 3 is 3.22 bits per heavy atom. The smallest absolute Gasteiger partial charge is 0.225 e. The van der Waals surface area contributed by atoms with Crippen molar-refractivity contribution in [1.29, 1.82) is 0 Å². The van der Waals surface area contributed by atoms with Gasteiger partial charge in [0.05, 0.1) is 0 Å². The van der Waals surface area contributed by atoms with E-state index in [0.717, 1.165) is 25.1 Å². The predicted molar refractivity (Wildman–Crippen MR) is 72.4 cm³/mol. The maximum atomic E-state index is 11.8. The average Bonchev–Trinajstić information content (AvgIpc) is 2.40. The number of hydrogen-bond acceptors (Lipinski definition) is 3. The van der Waals surface area contributed by atoms with E-state index < -0.39 is 0 Å². The third-order valence-electron chi connectivity index (χ3n) is 3.45. The second-order valence-corrected chi connectivity index (χ2v) is 4.97. The Morgan fingerprint density at radius 2 is 2.50 bits per heavy atom. The highest BCUT2D eigenvalue weighted by Gasteiger charge is 2.14. The summed E-state index contributed by atoms with van der Waals surface area (Å²) in [6, 6.07) is 3.83. The van der Waals surface area contributed by atoms with Crippen molar-refractivity contribution in [3.8, 4) is 0 Å². The van der Waals surface area contributed by atoms with Gasteiger partial charge in [0, 0.05) is 12.6 Å². The minimum atomic E-state index is 0.0716. The van der Waals surface area contributed by atoms with Crippen molar-refractivity contribution in [2.75, 3.05) is 18.4 Å². The summed E-state index contributed by atoms with van der Waals surface area (Å²) in [5.74, 6) is 1.40. The molecule has 0 saturated carbocycles. The van der Waals surface area contributed by atoms with Crippen molar-refractivity contribution in [3.63, 3.8) is 0 Å². The molecule has 0 aromatic carbocycles. The van der Waals surface area contributed by atoms with E-state index in [1.165, 1.54) is 12.8 Å². The summed E-state index contributed by atoms with van der Waals surface area (Å²) in [5, 5.41) is 6.25. The second-order valence-electron chi connectivity index (χ2n) is 4.97. The highest BCUT2D eigenvalue weighted by atomic mass is 16.1. The Bertz CT molecular complexity index is 400. The fourth-order valence-corrected chi connectivity index (χ4v) is 2.32. The van der Waals surface area contributed by atoms with Crippen LogP contribution in [-0.4, -0.2) is 24.0 Å². The van der Waals surface area contributed by atoms with Crippen LogP contribution in [0.1, 0.15) is 31.2 Å². The number of nitrogens with zero attached hydrogens (tertiary/aromatic N) is 1. The number of anilines is 1. The monoisotopic (exact) mass is 247 g/mol. The molecule has 1 aliphatic rings. The molecular formula is C14H21N3O. The lowest BCUT2D eigenvalue weighted by Crippen LogP contribution is -2.30. The number of carbonyl (C=O) groups is 1. The van der Waals surface area contributed by atoms with Gasteiger partial charge in [0.25, 0.3) is 0 Å².